The van der Waals surface area contributed by atoms with Crippen molar-refractivity contribution in [3.05, 3.63) is 26.7 Å². The van der Waals surface area contributed by atoms with Gasteiger partial charge in [0.25, 0.3) is 5.56 Å². The number of fused-ring (bicyclic) bond motifs is 4. The van der Waals surface area contributed by atoms with Crippen molar-refractivity contribution in [3.8, 4) is 0 Å². The Morgan fingerprint density at radius 3 is 2.28 bits per heavy atom. The minimum absolute atomic E-state index is 0.00129. The highest BCUT2D eigenvalue weighted by molar-refractivity contribution is 5.70. The van der Waals surface area contributed by atoms with E-state index in [9.17, 15) is 9.59 Å². The normalized spacial score (nSPS) is 26.7. The van der Waals surface area contributed by atoms with Crippen LogP contribution >= 0.6 is 0 Å². The van der Waals surface area contributed by atoms with Gasteiger partial charge in [-0.15, -0.1) is 0 Å². The smallest absolute Gasteiger partial charge is 0.332 e. The van der Waals surface area contributed by atoms with Crippen molar-refractivity contribution in [2.24, 2.45) is 11.1 Å². The van der Waals surface area contributed by atoms with Crippen LogP contribution in [0, 0.1) is 5.41 Å². The molecule has 29 heavy (non-hydrogen) atoms. The van der Waals surface area contributed by atoms with Crippen LogP contribution in [-0.2, 0) is 18.5 Å². The number of nitrogens with one attached hydrogen (secondary N) is 1. The second-order valence-electron chi connectivity index (χ2n) is 9.48. The largest absolute Gasteiger partial charge is 0.336 e. The number of aromatic nitrogens is 4. The Balaban J connectivity index is 1.77. The summed E-state index contributed by atoms with van der Waals surface area (Å²) in [5.41, 5.74) is 6.54. The van der Waals surface area contributed by atoms with Crippen LogP contribution in [0.5, 0.6) is 0 Å². The summed E-state index contributed by atoms with van der Waals surface area (Å²) in [4.78, 5) is 36.4. The Kier molecular flexibility index (Phi) is 5.19. The molecule has 2 aromatic rings. The van der Waals surface area contributed by atoms with Crippen molar-refractivity contribution in [1.29, 1.82) is 0 Å². The molecule has 3 saturated carbocycles. The molecular weight excluding hydrogens is 368 g/mol. The second kappa shape index (κ2) is 7.40. The van der Waals surface area contributed by atoms with E-state index in [0.29, 0.717) is 36.2 Å². The number of hydrogen-bond acceptors (Lipinski definition) is 5. The fourth-order valence-corrected chi connectivity index (χ4v) is 5.70. The van der Waals surface area contributed by atoms with Gasteiger partial charge in [-0.05, 0) is 64.5 Å². The molecule has 160 valence electrons. The average Bonchev–Trinajstić information content (AvgIpc) is 3.15. The number of aromatic amines is 1. The summed E-state index contributed by atoms with van der Waals surface area (Å²) >= 11 is 0. The Bertz CT molecular complexity index is 990. The molecular formula is C21H34N6O2. The highest BCUT2D eigenvalue weighted by Crippen LogP contribution is 2.57. The van der Waals surface area contributed by atoms with Gasteiger partial charge in [0.15, 0.2) is 5.65 Å². The van der Waals surface area contributed by atoms with E-state index in [1.165, 1.54) is 23.8 Å². The first kappa shape index (κ1) is 20.3. The summed E-state index contributed by atoms with van der Waals surface area (Å²) in [6, 6.07) is 0. The van der Waals surface area contributed by atoms with E-state index in [2.05, 4.69) is 24.0 Å². The predicted octanol–water partition coefficient (Wildman–Crippen LogP) is 1.41. The zero-order chi connectivity index (χ0) is 20.8. The van der Waals surface area contributed by atoms with Crippen molar-refractivity contribution < 1.29 is 0 Å². The first-order valence-corrected chi connectivity index (χ1v) is 10.9. The van der Waals surface area contributed by atoms with Crippen LogP contribution in [0.3, 0.4) is 0 Å². The van der Waals surface area contributed by atoms with Crippen LogP contribution in [0.25, 0.3) is 11.2 Å². The Labute approximate surface area is 171 Å². The van der Waals surface area contributed by atoms with Gasteiger partial charge in [0.05, 0.1) is 0 Å². The van der Waals surface area contributed by atoms with E-state index in [-0.39, 0.29) is 16.7 Å². The van der Waals surface area contributed by atoms with Crippen molar-refractivity contribution in [1.82, 2.24) is 24.0 Å². The molecule has 0 atom stereocenters. The topological polar surface area (TPSA) is 102 Å². The molecule has 5 rings (SSSR count). The fraction of sp³-hybridized carbons (Fsp3) is 0.762. The van der Waals surface area contributed by atoms with Gasteiger partial charge in [0, 0.05) is 31.6 Å². The standard InChI is InChI=1S/C21H34N6O2/c1-4-12-27-17(28)15-16(26(13-11-22)19(27)29)24-18(23-15)21-8-5-20(6-9-21,7-10-21)14-25(2)3/h4-14,22H2,1-3H3,(H,23,24). The molecule has 0 saturated heterocycles. The fourth-order valence-electron chi connectivity index (χ4n) is 5.70. The maximum atomic E-state index is 13.0. The molecule has 8 heteroatoms. The summed E-state index contributed by atoms with van der Waals surface area (Å²) in [6.07, 6.45) is 7.57. The van der Waals surface area contributed by atoms with Gasteiger partial charge in [0.1, 0.15) is 11.3 Å². The van der Waals surface area contributed by atoms with Gasteiger partial charge in [-0.2, -0.15) is 0 Å². The minimum atomic E-state index is -0.303. The van der Waals surface area contributed by atoms with Crippen molar-refractivity contribution in [2.45, 2.75) is 70.4 Å². The summed E-state index contributed by atoms with van der Waals surface area (Å²) in [5.74, 6) is 0.891. The number of imidazole rings is 1. The molecule has 0 spiro atoms. The third-order valence-corrected chi connectivity index (χ3v) is 7.22. The molecule has 3 N–H and O–H groups in total. The van der Waals surface area contributed by atoms with Crippen LogP contribution in [-0.4, -0.2) is 51.2 Å². The summed E-state index contributed by atoms with van der Waals surface area (Å²) in [7, 11) is 4.31. The third-order valence-electron chi connectivity index (χ3n) is 7.22. The number of rotatable bonds is 7. The van der Waals surface area contributed by atoms with Gasteiger partial charge < -0.3 is 15.6 Å². The molecule has 3 fully saturated rings. The van der Waals surface area contributed by atoms with E-state index in [4.69, 9.17) is 10.7 Å². The summed E-state index contributed by atoms with van der Waals surface area (Å²) < 4.78 is 2.90. The van der Waals surface area contributed by atoms with Crippen molar-refractivity contribution >= 4 is 11.2 Å². The van der Waals surface area contributed by atoms with E-state index < -0.39 is 0 Å². The van der Waals surface area contributed by atoms with Gasteiger partial charge in [-0.1, -0.05) is 6.92 Å². The number of hydrogen-bond donors (Lipinski definition) is 2. The quantitative estimate of drug-likeness (QED) is 0.729. The van der Waals surface area contributed by atoms with Crippen LogP contribution < -0.4 is 17.0 Å². The van der Waals surface area contributed by atoms with Gasteiger partial charge >= 0.3 is 5.69 Å². The molecule has 3 aliphatic carbocycles. The number of nitrogens with two attached hydrogens (primary N) is 1. The highest BCUT2D eigenvalue weighted by Gasteiger charge is 2.51. The number of H-pyrrole nitrogens is 1. The van der Waals surface area contributed by atoms with E-state index in [1.54, 1.807) is 4.57 Å². The molecule has 2 aromatic heterocycles. The average molecular weight is 403 g/mol. The lowest BCUT2D eigenvalue weighted by molar-refractivity contribution is 0.0161. The second-order valence-corrected chi connectivity index (χ2v) is 9.48. The Hall–Kier alpha value is -1.93. The molecule has 3 aliphatic rings. The van der Waals surface area contributed by atoms with Crippen LogP contribution in [0.1, 0.15) is 57.7 Å². The molecule has 8 nitrogen and oxygen atoms in total. The number of nitrogens with zero attached hydrogens (tertiary/aromatic N) is 4. The molecule has 2 heterocycles. The molecule has 0 amide bonds. The van der Waals surface area contributed by atoms with E-state index in [1.807, 2.05) is 6.92 Å². The summed E-state index contributed by atoms with van der Waals surface area (Å²) in [6.45, 7) is 4.21. The lowest BCUT2D eigenvalue weighted by atomic mass is 9.53. The predicted molar refractivity (Wildman–Crippen MR) is 114 cm³/mol. The molecule has 0 aromatic carbocycles. The van der Waals surface area contributed by atoms with Crippen molar-refractivity contribution in [3.63, 3.8) is 0 Å². The van der Waals surface area contributed by atoms with Gasteiger partial charge in [0.2, 0.25) is 0 Å². The molecule has 2 bridgehead atoms. The molecule has 0 radical (unpaired) electrons. The molecule has 0 unspecified atom stereocenters. The van der Waals surface area contributed by atoms with E-state index in [0.717, 1.165) is 38.1 Å². The van der Waals surface area contributed by atoms with Crippen LogP contribution in [0.4, 0.5) is 0 Å². The SMILES string of the molecule is CCCn1c(=O)c2[nH]c(C34CCC(CN(C)C)(CC3)CC4)nc2n(CCN)c1=O. The first-order valence-electron chi connectivity index (χ1n) is 10.9. The van der Waals surface area contributed by atoms with E-state index >= 15 is 0 Å². The lowest BCUT2D eigenvalue weighted by Crippen LogP contribution is -2.48. The first-order chi connectivity index (χ1) is 13.8. The maximum Gasteiger partial charge on any atom is 0.332 e. The van der Waals surface area contributed by atoms with Crippen LogP contribution in [0.2, 0.25) is 0 Å². The van der Waals surface area contributed by atoms with Crippen molar-refractivity contribution in [2.75, 3.05) is 27.2 Å². The van der Waals surface area contributed by atoms with Crippen LogP contribution in [0.15, 0.2) is 9.59 Å². The maximum absolute atomic E-state index is 13.0. The van der Waals surface area contributed by atoms with Gasteiger partial charge in [-0.25, -0.2) is 9.78 Å². The summed E-state index contributed by atoms with van der Waals surface area (Å²) in [5, 5.41) is 0. The zero-order valence-corrected chi connectivity index (χ0v) is 18.0. The lowest BCUT2D eigenvalue weighted by Gasteiger charge is -2.53. The Morgan fingerprint density at radius 2 is 1.72 bits per heavy atom. The Morgan fingerprint density at radius 1 is 1.07 bits per heavy atom. The molecule has 0 aliphatic heterocycles. The highest BCUT2D eigenvalue weighted by atomic mass is 16.2. The zero-order valence-electron chi connectivity index (χ0n) is 18.0. The monoisotopic (exact) mass is 402 g/mol. The third kappa shape index (κ3) is 3.26. The van der Waals surface area contributed by atoms with Gasteiger partial charge in [-0.3, -0.25) is 13.9 Å². The minimum Gasteiger partial charge on any atom is -0.336 e.